The van der Waals surface area contributed by atoms with Gasteiger partial charge >= 0.3 is 5.97 Å². The van der Waals surface area contributed by atoms with E-state index in [1.165, 1.54) is 16.3 Å². The van der Waals surface area contributed by atoms with Gasteiger partial charge in [0, 0.05) is 6.54 Å². The molecule has 1 amide bonds. The molecule has 5 heteroatoms. The molecule has 0 spiro atoms. The average Bonchev–Trinajstić information content (AvgIpc) is 2.47. The largest absolute Gasteiger partial charge is 0.481 e. The summed E-state index contributed by atoms with van der Waals surface area (Å²) in [6, 6.07) is 14.4. The molecule has 0 aliphatic heterocycles. The molecule has 0 unspecified atom stereocenters. The SMILES string of the molecule is O=C(O)CSCC(=O)NCCc1ccc2ccccc2c1. The lowest BCUT2D eigenvalue weighted by Crippen LogP contribution is -2.27. The van der Waals surface area contributed by atoms with Crippen molar-refractivity contribution in [2.75, 3.05) is 18.1 Å². The molecule has 110 valence electrons. The number of carboxylic acids is 1. The van der Waals surface area contributed by atoms with Crippen molar-refractivity contribution in [1.82, 2.24) is 5.32 Å². The van der Waals surface area contributed by atoms with Crippen LogP contribution in [0.3, 0.4) is 0 Å². The van der Waals surface area contributed by atoms with Crippen molar-refractivity contribution in [2.45, 2.75) is 6.42 Å². The number of fused-ring (bicyclic) bond motifs is 1. The van der Waals surface area contributed by atoms with Gasteiger partial charge in [-0.3, -0.25) is 9.59 Å². The Balaban J connectivity index is 1.77. The molecule has 2 rings (SSSR count). The number of carbonyl (C=O) groups is 2. The fourth-order valence-corrected chi connectivity index (χ4v) is 2.59. The molecule has 0 bridgehead atoms. The number of carbonyl (C=O) groups excluding carboxylic acids is 1. The van der Waals surface area contributed by atoms with Crippen molar-refractivity contribution in [2.24, 2.45) is 0 Å². The molecule has 0 aromatic heterocycles. The van der Waals surface area contributed by atoms with Gasteiger partial charge < -0.3 is 10.4 Å². The Kier molecular flexibility index (Phi) is 5.63. The lowest BCUT2D eigenvalue weighted by molar-refractivity contribution is -0.133. The molecular formula is C16H17NO3S. The van der Waals surface area contributed by atoms with E-state index >= 15 is 0 Å². The standard InChI is InChI=1S/C16H17NO3S/c18-15(10-21-11-16(19)20)17-8-7-12-5-6-13-3-1-2-4-14(13)9-12/h1-6,9H,7-8,10-11H2,(H,17,18)(H,19,20). The Morgan fingerprint density at radius 3 is 2.57 bits per heavy atom. The maximum atomic E-state index is 11.5. The van der Waals surface area contributed by atoms with Gasteiger partial charge in [0.25, 0.3) is 0 Å². The second-order valence-electron chi connectivity index (χ2n) is 4.67. The monoisotopic (exact) mass is 303 g/mol. The summed E-state index contributed by atoms with van der Waals surface area (Å²) in [6.45, 7) is 0.560. The second-order valence-corrected chi connectivity index (χ2v) is 5.65. The van der Waals surface area contributed by atoms with Crippen molar-refractivity contribution in [3.63, 3.8) is 0 Å². The minimum atomic E-state index is -0.899. The van der Waals surface area contributed by atoms with Gasteiger partial charge in [0.2, 0.25) is 5.91 Å². The molecule has 0 aliphatic rings. The first-order valence-corrected chi connectivity index (χ1v) is 7.84. The van der Waals surface area contributed by atoms with Gasteiger partial charge in [-0.25, -0.2) is 0 Å². The summed E-state index contributed by atoms with van der Waals surface area (Å²) < 4.78 is 0. The third kappa shape index (κ3) is 5.11. The number of carboxylic acid groups (broad SMARTS) is 1. The van der Waals surface area contributed by atoms with E-state index in [9.17, 15) is 9.59 Å². The topological polar surface area (TPSA) is 66.4 Å². The lowest BCUT2D eigenvalue weighted by Gasteiger charge is -2.06. The number of benzene rings is 2. The summed E-state index contributed by atoms with van der Waals surface area (Å²) in [4.78, 5) is 21.8. The lowest BCUT2D eigenvalue weighted by atomic mass is 10.1. The van der Waals surface area contributed by atoms with E-state index in [2.05, 4.69) is 35.6 Å². The first kappa shape index (κ1) is 15.4. The minimum Gasteiger partial charge on any atom is -0.481 e. The van der Waals surface area contributed by atoms with Gasteiger partial charge in [0.15, 0.2) is 0 Å². The summed E-state index contributed by atoms with van der Waals surface area (Å²) in [5.74, 6) is -0.881. The summed E-state index contributed by atoms with van der Waals surface area (Å²) in [5, 5.41) is 13.7. The molecule has 0 saturated heterocycles. The molecule has 0 heterocycles. The predicted octanol–water partition coefficient (Wildman–Crippen LogP) is 2.32. The van der Waals surface area contributed by atoms with Crippen LogP contribution in [-0.4, -0.2) is 35.0 Å². The van der Waals surface area contributed by atoms with Crippen LogP contribution >= 0.6 is 11.8 Å². The summed E-state index contributed by atoms with van der Waals surface area (Å²) in [6.07, 6.45) is 0.764. The van der Waals surface area contributed by atoms with Crippen LogP contribution in [0.25, 0.3) is 10.8 Å². The maximum Gasteiger partial charge on any atom is 0.313 e. The Labute approximate surface area is 127 Å². The number of nitrogens with one attached hydrogen (secondary N) is 1. The molecule has 0 atom stereocenters. The van der Waals surface area contributed by atoms with Crippen LogP contribution in [-0.2, 0) is 16.0 Å². The Bertz CT molecular complexity index is 642. The number of aliphatic carboxylic acids is 1. The smallest absolute Gasteiger partial charge is 0.313 e. The minimum absolute atomic E-state index is 0.0436. The zero-order valence-electron chi connectivity index (χ0n) is 11.5. The van der Waals surface area contributed by atoms with Crippen LogP contribution in [0.15, 0.2) is 42.5 Å². The van der Waals surface area contributed by atoms with Gasteiger partial charge in [-0.2, -0.15) is 0 Å². The van der Waals surface area contributed by atoms with E-state index in [0.717, 1.165) is 18.2 Å². The molecule has 2 N–H and O–H groups in total. The van der Waals surface area contributed by atoms with E-state index in [0.29, 0.717) is 6.54 Å². The molecular weight excluding hydrogens is 286 g/mol. The number of hydrogen-bond acceptors (Lipinski definition) is 3. The van der Waals surface area contributed by atoms with E-state index in [1.807, 2.05) is 12.1 Å². The first-order valence-electron chi connectivity index (χ1n) is 6.69. The van der Waals surface area contributed by atoms with Crippen molar-refractivity contribution in [3.8, 4) is 0 Å². The molecule has 4 nitrogen and oxygen atoms in total. The second kappa shape index (κ2) is 7.69. The molecule has 0 aliphatic carbocycles. The number of rotatable bonds is 7. The molecule has 0 saturated carbocycles. The predicted molar refractivity (Wildman–Crippen MR) is 85.6 cm³/mol. The Morgan fingerprint density at radius 2 is 1.81 bits per heavy atom. The van der Waals surface area contributed by atoms with Gasteiger partial charge in [-0.05, 0) is 22.8 Å². The Morgan fingerprint density at radius 1 is 1.05 bits per heavy atom. The van der Waals surface area contributed by atoms with E-state index in [-0.39, 0.29) is 17.4 Å². The van der Waals surface area contributed by atoms with E-state index in [1.54, 1.807) is 0 Å². The van der Waals surface area contributed by atoms with Crippen molar-refractivity contribution >= 4 is 34.4 Å². The zero-order valence-corrected chi connectivity index (χ0v) is 12.4. The summed E-state index contributed by atoms with van der Waals surface area (Å²) >= 11 is 1.11. The van der Waals surface area contributed by atoms with Crippen LogP contribution < -0.4 is 5.32 Å². The van der Waals surface area contributed by atoms with Gasteiger partial charge in [-0.1, -0.05) is 42.5 Å². The van der Waals surface area contributed by atoms with E-state index < -0.39 is 5.97 Å². The zero-order chi connectivity index (χ0) is 15.1. The number of hydrogen-bond donors (Lipinski definition) is 2. The number of thioether (sulfide) groups is 1. The van der Waals surface area contributed by atoms with Crippen LogP contribution in [0.1, 0.15) is 5.56 Å². The van der Waals surface area contributed by atoms with E-state index in [4.69, 9.17) is 5.11 Å². The molecule has 2 aromatic rings. The maximum absolute atomic E-state index is 11.5. The van der Waals surface area contributed by atoms with Crippen LogP contribution in [0.5, 0.6) is 0 Å². The molecule has 0 fully saturated rings. The molecule has 0 radical (unpaired) electrons. The molecule has 2 aromatic carbocycles. The Hall–Kier alpha value is -2.01. The van der Waals surface area contributed by atoms with Crippen LogP contribution in [0.2, 0.25) is 0 Å². The van der Waals surface area contributed by atoms with Gasteiger partial charge in [-0.15, -0.1) is 11.8 Å². The molecule has 21 heavy (non-hydrogen) atoms. The third-order valence-electron chi connectivity index (χ3n) is 3.01. The highest BCUT2D eigenvalue weighted by Gasteiger charge is 2.04. The highest BCUT2D eigenvalue weighted by Crippen LogP contribution is 2.15. The highest BCUT2D eigenvalue weighted by atomic mass is 32.2. The highest BCUT2D eigenvalue weighted by molar-refractivity contribution is 8.00. The average molecular weight is 303 g/mol. The first-order chi connectivity index (χ1) is 10.1. The summed E-state index contributed by atoms with van der Waals surface area (Å²) in [7, 11) is 0. The normalized spacial score (nSPS) is 10.5. The summed E-state index contributed by atoms with van der Waals surface area (Å²) in [5.41, 5.74) is 1.17. The van der Waals surface area contributed by atoms with Gasteiger partial charge in [0.05, 0.1) is 11.5 Å². The van der Waals surface area contributed by atoms with Crippen molar-refractivity contribution in [1.29, 1.82) is 0 Å². The van der Waals surface area contributed by atoms with Crippen LogP contribution in [0, 0.1) is 0 Å². The van der Waals surface area contributed by atoms with Gasteiger partial charge in [0.1, 0.15) is 0 Å². The van der Waals surface area contributed by atoms with Crippen LogP contribution in [0.4, 0.5) is 0 Å². The fraction of sp³-hybridized carbons (Fsp3) is 0.250. The number of amides is 1. The van der Waals surface area contributed by atoms with Crippen molar-refractivity contribution < 1.29 is 14.7 Å². The quantitative estimate of drug-likeness (QED) is 0.824. The third-order valence-corrected chi connectivity index (χ3v) is 3.93. The fourth-order valence-electron chi connectivity index (χ4n) is 2.02. The van der Waals surface area contributed by atoms with Crippen molar-refractivity contribution in [3.05, 3.63) is 48.0 Å².